The van der Waals surface area contributed by atoms with E-state index in [-0.39, 0.29) is 24.0 Å². The van der Waals surface area contributed by atoms with E-state index < -0.39 is 0 Å². The first-order valence-electron chi connectivity index (χ1n) is 7.97. The molecule has 0 bridgehead atoms. The van der Waals surface area contributed by atoms with E-state index in [1.54, 1.807) is 40.1 Å². The van der Waals surface area contributed by atoms with E-state index in [0.29, 0.717) is 37.6 Å². The van der Waals surface area contributed by atoms with Crippen molar-refractivity contribution in [3.05, 3.63) is 53.5 Å². The molecule has 0 atom stereocenters. The van der Waals surface area contributed by atoms with Crippen LogP contribution >= 0.6 is 0 Å². The molecule has 7 nitrogen and oxygen atoms in total. The maximum atomic E-state index is 13.6. The predicted molar refractivity (Wildman–Crippen MR) is 89.3 cm³/mol. The van der Waals surface area contributed by atoms with Gasteiger partial charge in [-0.1, -0.05) is 18.2 Å². The summed E-state index contributed by atoms with van der Waals surface area (Å²) in [4.78, 5) is 26.4. The molecule has 130 valence electrons. The molecule has 0 saturated carbocycles. The summed E-state index contributed by atoms with van der Waals surface area (Å²) in [7, 11) is 0. The molecule has 2 aromatic rings. The molecule has 8 heteroatoms. The molecule has 1 aromatic carbocycles. The molecule has 1 aliphatic rings. The van der Waals surface area contributed by atoms with Crippen molar-refractivity contribution in [3.8, 4) is 0 Å². The van der Waals surface area contributed by atoms with Crippen molar-refractivity contribution in [2.45, 2.75) is 6.54 Å². The summed E-state index contributed by atoms with van der Waals surface area (Å²) in [5.74, 6) is -0.0338. The zero-order valence-corrected chi connectivity index (χ0v) is 13.6. The van der Waals surface area contributed by atoms with E-state index in [1.807, 2.05) is 0 Å². The second-order valence-corrected chi connectivity index (χ2v) is 5.68. The van der Waals surface area contributed by atoms with Crippen molar-refractivity contribution in [3.63, 3.8) is 0 Å². The first-order chi connectivity index (χ1) is 12.2. The smallest absolute Gasteiger partial charge is 0.274 e. The maximum Gasteiger partial charge on any atom is 0.274 e. The molecule has 1 saturated heterocycles. The van der Waals surface area contributed by atoms with E-state index in [1.165, 1.54) is 6.07 Å². The molecule has 3 rings (SSSR count). The highest BCUT2D eigenvalue weighted by molar-refractivity contribution is 5.92. The van der Waals surface area contributed by atoms with E-state index in [9.17, 15) is 14.0 Å². The highest BCUT2D eigenvalue weighted by Gasteiger charge is 2.22. The van der Waals surface area contributed by atoms with Gasteiger partial charge in [-0.05, 0) is 18.2 Å². The zero-order valence-electron chi connectivity index (χ0n) is 13.6. The van der Waals surface area contributed by atoms with Crippen LogP contribution in [0.25, 0.3) is 0 Å². The van der Waals surface area contributed by atoms with Crippen molar-refractivity contribution < 1.29 is 14.0 Å². The molecule has 25 heavy (non-hydrogen) atoms. The number of carbonyl (C=O) groups excluding carboxylic acids is 2. The van der Waals surface area contributed by atoms with Crippen LogP contribution in [0, 0.1) is 5.82 Å². The summed E-state index contributed by atoms with van der Waals surface area (Å²) in [5.41, 5.74) is 0.772. The lowest BCUT2D eigenvalue weighted by Gasteiger charge is -2.32. The number of nitrogens with one attached hydrogen (secondary N) is 1. The van der Waals surface area contributed by atoms with Gasteiger partial charge in [0.2, 0.25) is 6.41 Å². The summed E-state index contributed by atoms with van der Waals surface area (Å²) in [6.45, 7) is 2.28. The van der Waals surface area contributed by atoms with Crippen LogP contribution in [-0.4, -0.2) is 58.5 Å². The third-order valence-electron chi connectivity index (χ3n) is 4.05. The van der Waals surface area contributed by atoms with Gasteiger partial charge in [0.15, 0.2) is 5.69 Å². The van der Waals surface area contributed by atoms with Gasteiger partial charge in [-0.3, -0.25) is 9.59 Å². The van der Waals surface area contributed by atoms with Crippen LogP contribution in [0.3, 0.4) is 0 Å². The SMILES string of the molecule is O=CN1CCN(C(=O)c2ccc(NCc3ccccc3F)nn2)CC1. The first kappa shape index (κ1) is 16.8. The molecule has 0 spiro atoms. The van der Waals surface area contributed by atoms with Crippen LogP contribution in [0.15, 0.2) is 36.4 Å². The van der Waals surface area contributed by atoms with Gasteiger partial charge in [-0.15, -0.1) is 10.2 Å². The highest BCUT2D eigenvalue weighted by atomic mass is 19.1. The fourth-order valence-electron chi connectivity index (χ4n) is 2.56. The van der Waals surface area contributed by atoms with E-state index in [2.05, 4.69) is 15.5 Å². The topological polar surface area (TPSA) is 78.4 Å². The van der Waals surface area contributed by atoms with Gasteiger partial charge in [0.1, 0.15) is 11.6 Å². The van der Waals surface area contributed by atoms with Crippen molar-refractivity contribution in [1.82, 2.24) is 20.0 Å². The number of halogens is 1. The summed E-state index contributed by atoms with van der Waals surface area (Å²) >= 11 is 0. The monoisotopic (exact) mass is 343 g/mol. The molecule has 2 heterocycles. The Hall–Kier alpha value is -3.03. The second-order valence-electron chi connectivity index (χ2n) is 5.68. The molecule has 2 amide bonds. The third-order valence-corrected chi connectivity index (χ3v) is 4.05. The Morgan fingerprint density at radius 2 is 1.88 bits per heavy atom. The Labute approximate surface area is 144 Å². The molecule has 1 N–H and O–H groups in total. The van der Waals surface area contributed by atoms with Crippen molar-refractivity contribution in [2.24, 2.45) is 0 Å². The number of piperazine rings is 1. The van der Waals surface area contributed by atoms with Crippen molar-refractivity contribution >= 4 is 18.1 Å². The second kappa shape index (κ2) is 7.69. The van der Waals surface area contributed by atoms with E-state index in [4.69, 9.17) is 0 Å². The summed E-state index contributed by atoms with van der Waals surface area (Å²) in [6.07, 6.45) is 0.789. The van der Waals surface area contributed by atoms with Crippen LogP contribution in [0.5, 0.6) is 0 Å². The minimum absolute atomic E-state index is 0.210. The molecule has 1 aliphatic heterocycles. The lowest BCUT2D eigenvalue weighted by atomic mass is 10.2. The fraction of sp³-hybridized carbons (Fsp3) is 0.294. The lowest BCUT2D eigenvalue weighted by Crippen LogP contribution is -2.48. The number of hydrogen-bond donors (Lipinski definition) is 1. The highest BCUT2D eigenvalue weighted by Crippen LogP contribution is 2.11. The van der Waals surface area contributed by atoms with Crippen LogP contribution in [0.1, 0.15) is 16.1 Å². The van der Waals surface area contributed by atoms with Gasteiger partial charge in [0.25, 0.3) is 5.91 Å². The Morgan fingerprint density at radius 3 is 2.52 bits per heavy atom. The molecule has 1 fully saturated rings. The fourth-order valence-corrected chi connectivity index (χ4v) is 2.56. The number of amides is 2. The average Bonchev–Trinajstić information content (AvgIpc) is 2.67. The first-order valence-corrected chi connectivity index (χ1v) is 7.97. The maximum absolute atomic E-state index is 13.6. The van der Waals surface area contributed by atoms with Crippen LogP contribution < -0.4 is 5.32 Å². The normalized spacial score (nSPS) is 14.3. The summed E-state index contributed by atoms with van der Waals surface area (Å²) in [6, 6.07) is 9.71. The summed E-state index contributed by atoms with van der Waals surface area (Å²) in [5, 5.41) is 10.9. The zero-order chi connectivity index (χ0) is 17.6. The standard InChI is InChI=1S/C17H18FN5O2/c18-14-4-2-1-3-13(14)11-19-16-6-5-15(20-21-16)17(25)23-9-7-22(12-24)8-10-23/h1-6,12H,7-11H2,(H,19,21). The van der Waals surface area contributed by atoms with Crippen LogP contribution in [-0.2, 0) is 11.3 Å². The van der Waals surface area contributed by atoms with Crippen LogP contribution in [0.4, 0.5) is 10.2 Å². The minimum atomic E-state index is -0.288. The van der Waals surface area contributed by atoms with Gasteiger partial charge >= 0.3 is 0 Å². The van der Waals surface area contributed by atoms with Crippen molar-refractivity contribution in [1.29, 1.82) is 0 Å². The average molecular weight is 343 g/mol. The Kier molecular flexibility index (Phi) is 5.17. The van der Waals surface area contributed by atoms with Gasteiger partial charge in [0.05, 0.1) is 0 Å². The number of nitrogens with zero attached hydrogens (tertiary/aromatic N) is 4. The Bertz CT molecular complexity index is 745. The Morgan fingerprint density at radius 1 is 1.12 bits per heavy atom. The van der Waals surface area contributed by atoms with Gasteiger partial charge in [0, 0.05) is 38.3 Å². The van der Waals surface area contributed by atoms with Crippen molar-refractivity contribution in [2.75, 3.05) is 31.5 Å². The predicted octanol–water partition coefficient (Wildman–Crippen LogP) is 1.14. The van der Waals surface area contributed by atoms with Gasteiger partial charge in [-0.25, -0.2) is 4.39 Å². The minimum Gasteiger partial charge on any atom is -0.364 e. The number of hydrogen-bond acceptors (Lipinski definition) is 5. The number of rotatable bonds is 5. The lowest BCUT2D eigenvalue weighted by molar-refractivity contribution is -0.119. The molecule has 0 aliphatic carbocycles. The van der Waals surface area contributed by atoms with E-state index >= 15 is 0 Å². The molecule has 1 aromatic heterocycles. The number of carbonyl (C=O) groups is 2. The van der Waals surface area contributed by atoms with Crippen LogP contribution in [0.2, 0.25) is 0 Å². The number of anilines is 1. The van der Waals surface area contributed by atoms with E-state index in [0.717, 1.165) is 6.41 Å². The largest absolute Gasteiger partial charge is 0.364 e. The summed E-state index contributed by atoms with van der Waals surface area (Å²) < 4.78 is 13.6. The quantitative estimate of drug-likeness (QED) is 0.824. The molecule has 0 unspecified atom stereocenters. The Balaban J connectivity index is 1.57. The molecular formula is C17H18FN5O2. The van der Waals surface area contributed by atoms with Gasteiger partial charge in [-0.2, -0.15) is 0 Å². The number of benzene rings is 1. The van der Waals surface area contributed by atoms with Gasteiger partial charge < -0.3 is 15.1 Å². The number of aromatic nitrogens is 2. The third kappa shape index (κ3) is 4.09. The molecule has 0 radical (unpaired) electrons. The molecular weight excluding hydrogens is 325 g/mol.